The Morgan fingerprint density at radius 1 is 1.50 bits per heavy atom. The number of methoxy groups -OCH3 is 1. The van der Waals surface area contributed by atoms with Crippen LogP contribution in [-0.2, 0) is 15.7 Å². The van der Waals surface area contributed by atoms with Crippen LogP contribution < -0.4 is 5.73 Å². The number of carbonyl (C=O) groups is 1. The number of hydrogen-bond donors (Lipinski definition) is 2. The first-order valence-corrected chi connectivity index (χ1v) is 5.40. The first kappa shape index (κ1) is 14.8. The third-order valence-corrected chi connectivity index (χ3v) is 2.66. The van der Waals surface area contributed by atoms with Gasteiger partial charge in [-0.05, 0) is 12.1 Å². The van der Waals surface area contributed by atoms with Gasteiger partial charge in [0.1, 0.15) is 11.8 Å². The van der Waals surface area contributed by atoms with Crippen LogP contribution in [0.25, 0.3) is 0 Å². The smallest absolute Gasteiger partial charge is 0.420 e. The molecule has 4 nitrogen and oxygen atoms in total. The zero-order valence-electron chi connectivity index (χ0n) is 9.08. The maximum atomic E-state index is 12.6. The quantitative estimate of drug-likeness (QED) is 0.818. The van der Waals surface area contributed by atoms with Crippen LogP contribution in [0, 0.1) is 0 Å². The molecule has 0 aliphatic heterocycles. The lowest BCUT2D eigenvalue weighted by Gasteiger charge is -2.16. The largest absolute Gasteiger partial charge is 0.507 e. The molecule has 0 spiro atoms. The molecule has 0 saturated carbocycles. The number of halogens is 4. The number of alkyl halides is 3. The van der Waals surface area contributed by atoms with Crippen molar-refractivity contribution in [3.05, 3.63) is 27.7 Å². The molecule has 1 aromatic carbocycles. The summed E-state index contributed by atoms with van der Waals surface area (Å²) in [5.41, 5.74) is 3.78. The predicted octanol–water partition coefficient (Wildman–Crippen LogP) is 2.35. The summed E-state index contributed by atoms with van der Waals surface area (Å²) in [5, 5.41) is 9.54. The van der Waals surface area contributed by atoms with Gasteiger partial charge in [0.2, 0.25) is 0 Å². The summed E-state index contributed by atoms with van der Waals surface area (Å²) in [6.45, 7) is 0. The van der Waals surface area contributed by atoms with E-state index in [4.69, 9.17) is 5.73 Å². The number of esters is 1. The molecule has 0 aliphatic carbocycles. The van der Waals surface area contributed by atoms with Gasteiger partial charge in [-0.3, -0.25) is 4.79 Å². The van der Waals surface area contributed by atoms with Crippen molar-refractivity contribution in [1.29, 1.82) is 0 Å². The predicted molar refractivity (Wildman–Crippen MR) is 59.8 cm³/mol. The molecule has 0 aromatic heterocycles. The first-order valence-electron chi connectivity index (χ1n) is 4.61. The highest BCUT2D eigenvalue weighted by atomic mass is 79.9. The first-order chi connectivity index (χ1) is 8.18. The highest BCUT2D eigenvalue weighted by molar-refractivity contribution is 9.10. The molecule has 3 N–H and O–H groups in total. The molecule has 1 rings (SSSR count). The molecule has 0 heterocycles. The SMILES string of the molecule is COC(=O)[C@@H](N)c1cc(Br)cc(C(F)(F)F)c1O. The monoisotopic (exact) mass is 327 g/mol. The number of benzene rings is 1. The van der Waals surface area contributed by atoms with Gasteiger partial charge >= 0.3 is 12.1 Å². The summed E-state index contributed by atoms with van der Waals surface area (Å²) >= 11 is 2.86. The second-order valence-corrected chi connectivity index (χ2v) is 4.31. The van der Waals surface area contributed by atoms with E-state index < -0.39 is 29.5 Å². The number of phenols is 1. The van der Waals surface area contributed by atoms with E-state index in [1.165, 1.54) is 0 Å². The molecule has 0 unspecified atom stereocenters. The van der Waals surface area contributed by atoms with Gasteiger partial charge in [-0.15, -0.1) is 0 Å². The van der Waals surface area contributed by atoms with Crippen LogP contribution in [0.4, 0.5) is 13.2 Å². The zero-order valence-corrected chi connectivity index (χ0v) is 10.7. The summed E-state index contributed by atoms with van der Waals surface area (Å²) in [4.78, 5) is 11.2. The number of phenolic OH excluding ortho intramolecular Hbond substituents is 1. The van der Waals surface area contributed by atoms with Crippen molar-refractivity contribution in [3.63, 3.8) is 0 Å². The molecular formula is C10H9BrF3NO3. The van der Waals surface area contributed by atoms with Gasteiger partial charge in [0.15, 0.2) is 0 Å². The van der Waals surface area contributed by atoms with E-state index in [1.807, 2.05) is 0 Å². The Morgan fingerprint density at radius 2 is 2.06 bits per heavy atom. The third-order valence-electron chi connectivity index (χ3n) is 2.20. The van der Waals surface area contributed by atoms with Crippen LogP contribution in [0.15, 0.2) is 16.6 Å². The minimum absolute atomic E-state index is 0.0435. The molecule has 0 fully saturated rings. The summed E-state index contributed by atoms with van der Waals surface area (Å²) in [6.07, 6.45) is -4.75. The molecule has 0 bridgehead atoms. The summed E-state index contributed by atoms with van der Waals surface area (Å²) in [5.74, 6) is -2.03. The lowest BCUT2D eigenvalue weighted by atomic mass is 10.0. The minimum Gasteiger partial charge on any atom is -0.507 e. The van der Waals surface area contributed by atoms with Gasteiger partial charge in [-0.25, -0.2) is 0 Å². The number of aromatic hydroxyl groups is 1. The van der Waals surface area contributed by atoms with E-state index >= 15 is 0 Å². The lowest BCUT2D eigenvalue weighted by Crippen LogP contribution is -2.23. The minimum atomic E-state index is -4.75. The number of nitrogens with two attached hydrogens (primary N) is 1. The molecule has 0 saturated heterocycles. The van der Waals surface area contributed by atoms with Crippen LogP contribution in [0.5, 0.6) is 5.75 Å². The average molecular weight is 328 g/mol. The molecule has 0 aliphatic rings. The molecule has 1 aromatic rings. The van der Waals surface area contributed by atoms with Crippen LogP contribution in [0.2, 0.25) is 0 Å². The number of hydrogen-bond acceptors (Lipinski definition) is 4. The van der Waals surface area contributed by atoms with Crippen molar-refractivity contribution in [2.45, 2.75) is 12.2 Å². The van der Waals surface area contributed by atoms with Gasteiger partial charge in [0.25, 0.3) is 0 Å². The highest BCUT2D eigenvalue weighted by Crippen LogP contribution is 2.41. The van der Waals surface area contributed by atoms with Crippen LogP contribution in [-0.4, -0.2) is 18.2 Å². The maximum absolute atomic E-state index is 12.6. The summed E-state index contributed by atoms with van der Waals surface area (Å²) < 4.78 is 42.2. The number of rotatable bonds is 2. The highest BCUT2D eigenvalue weighted by Gasteiger charge is 2.36. The van der Waals surface area contributed by atoms with E-state index in [-0.39, 0.29) is 10.0 Å². The summed E-state index contributed by atoms with van der Waals surface area (Å²) in [7, 11) is 1.04. The molecule has 0 radical (unpaired) electrons. The van der Waals surface area contributed by atoms with Crippen molar-refractivity contribution in [3.8, 4) is 5.75 Å². The fraction of sp³-hybridized carbons (Fsp3) is 0.300. The van der Waals surface area contributed by atoms with Crippen molar-refractivity contribution >= 4 is 21.9 Å². The Kier molecular flexibility index (Phi) is 4.23. The Labute approximate surface area is 109 Å². The molecular weight excluding hydrogens is 319 g/mol. The van der Waals surface area contributed by atoms with Crippen molar-refractivity contribution in [1.82, 2.24) is 0 Å². The second kappa shape index (κ2) is 5.15. The normalized spacial score (nSPS) is 13.2. The fourth-order valence-electron chi connectivity index (χ4n) is 1.33. The van der Waals surface area contributed by atoms with Crippen LogP contribution in [0.1, 0.15) is 17.2 Å². The van der Waals surface area contributed by atoms with Crippen molar-refractivity contribution < 1.29 is 27.8 Å². The van der Waals surface area contributed by atoms with E-state index in [1.54, 1.807) is 0 Å². The Morgan fingerprint density at radius 3 is 2.50 bits per heavy atom. The second-order valence-electron chi connectivity index (χ2n) is 3.39. The average Bonchev–Trinajstić information content (AvgIpc) is 2.28. The van der Waals surface area contributed by atoms with Gasteiger partial charge in [0.05, 0.1) is 12.7 Å². The van der Waals surface area contributed by atoms with Gasteiger partial charge < -0.3 is 15.6 Å². The number of ether oxygens (including phenoxy) is 1. The fourth-order valence-corrected chi connectivity index (χ4v) is 1.80. The topological polar surface area (TPSA) is 72.5 Å². The van der Waals surface area contributed by atoms with Gasteiger partial charge in [-0.2, -0.15) is 13.2 Å². The van der Waals surface area contributed by atoms with Crippen LogP contribution >= 0.6 is 15.9 Å². The molecule has 100 valence electrons. The van der Waals surface area contributed by atoms with E-state index in [2.05, 4.69) is 20.7 Å². The number of carbonyl (C=O) groups excluding carboxylic acids is 1. The van der Waals surface area contributed by atoms with Crippen LogP contribution in [0.3, 0.4) is 0 Å². The zero-order chi connectivity index (χ0) is 14.1. The standard InChI is InChI=1S/C10H9BrF3NO3/c1-18-9(17)7(15)5-2-4(11)3-6(8(5)16)10(12,13)14/h2-3,7,16H,15H2,1H3/t7-/m0/s1. The van der Waals surface area contributed by atoms with Crippen molar-refractivity contribution in [2.75, 3.05) is 7.11 Å². The molecule has 8 heteroatoms. The van der Waals surface area contributed by atoms with Crippen molar-refractivity contribution in [2.24, 2.45) is 5.73 Å². The third kappa shape index (κ3) is 2.94. The lowest BCUT2D eigenvalue weighted by molar-refractivity contribution is -0.143. The van der Waals surface area contributed by atoms with Gasteiger partial charge in [-0.1, -0.05) is 15.9 Å². The Hall–Kier alpha value is -1.28. The maximum Gasteiger partial charge on any atom is 0.420 e. The Bertz CT molecular complexity index is 476. The van der Waals surface area contributed by atoms with Gasteiger partial charge in [0, 0.05) is 10.0 Å². The Balaban J connectivity index is 3.38. The molecule has 1 atom stereocenters. The molecule has 18 heavy (non-hydrogen) atoms. The summed E-state index contributed by atoms with van der Waals surface area (Å²) in [6, 6.07) is 0.336. The van der Waals surface area contributed by atoms with E-state index in [9.17, 15) is 23.1 Å². The van der Waals surface area contributed by atoms with E-state index in [0.29, 0.717) is 6.07 Å². The van der Waals surface area contributed by atoms with E-state index in [0.717, 1.165) is 13.2 Å². The molecule has 0 amide bonds.